The van der Waals surface area contributed by atoms with Crippen LogP contribution in [0.2, 0.25) is 11.8 Å². The summed E-state index contributed by atoms with van der Waals surface area (Å²) < 4.78 is 0. The molecule has 2 aromatic rings. The first-order valence-electron chi connectivity index (χ1n) is 23.7. The van der Waals surface area contributed by atoms with Gasteiger partial charge in [-0.2, -0.15) is 0 Å². The first-order chi connectivity index (χ1) is 27.5. The van der Waals surface area contributed by atoms with Gasteiger partial charge in [0.05, 0.1) is 6.08 Å². The fourth-order valence-electron chi connectivity index (χ4n) is 7.91. The van der Waals surface area contributed by atoms with E-state index >= 15 is 0 Å². The number of hydrogen-bond acceptors (Lipinski definition) is 0. The van der Waals surface area contributed by atoms with Crippen LogP contribution < -0.4 is 0 Å². The molecule has 56 heavy (non-hydrogen) atoms. The Morgan fingerprint density at radius 3 is 1.11 bits per heavy atom. The van der Waals surface area contributed by atoms with Crippen molar-refractivity contribution in [2.75, 3.05) is 0 Å². The van der Waals surface area contributed by atoms with Crippen LogP contribution in [0.3, 0.4) is 0 Å². The maximum absolute atomic E-state index is 9.57. The van der Waals surface area contributed by atoms with Gasteiger partial charge in [0.1, 0.15) is 0 Å². The van der Waals surface area contributed by atoms with Crippen molar-refractivity contribution in [3.8, 4) is 0 Å². The summed E-state index contributed by atoms with van der Waals surface area (Å²) >= 11 is 1.62. The predicted molar refractivity (Wildman–Crippen MR) is 247 cm³/mol. The first kappa shape index (κ1) is 51.9. The summed E-state index contributed by atoms with van der Waals surface area (Å²) in [5, 5.41) is 0. The number of allylic oxidation sites excluding steroid dienone is 2. The minimum absolute atomic E-state index is 0.964. The molecular formula is C53H88N2Ni. The van der Waals surface area contributed by atoms with E-state index < -0.39 is 0 Å². The molecule has 0 radical (unpaired) electrons. The molecule has 0 unspecified atom stereocenters. The Kier molecular flexibility index (Phi) is 34.4. The summed E-state index contributed by atoms with van der Waals surface area (Å²) in [6, 6.07) is 15.0. The number of rotatable bonds is 33. The van der Waals surface area contributed by atoms with Crippen molar-refractivity contribution in [1.82, 2.24) is 0 Å². The molecule has 0 fully saturated rings. The average molecular weight is 812 g/mol. The van der Waals surface area contributed by atoms with Gasteiger partial charge in [0.25, 0.3) is 5.87 Å². The summed E-state index contributed by atoms with van der Waals surface area (Å²) in [4.78, 5) is 3.36. The zero-order valence-electron chi connectivity index (χ0n) is 38.0. The third kappa shape index (κ3) is 25.2. The summed E-state index contributed by atoms with van der Waals surface area (Å²) in [6.45, 7) is 11.5. The van der Waals surface area contributed by atoms with E-state index in [0.717, 1.165) is 38.5 Å². The summed E-state index contributed by atoms with van der Waals surface area (Å²) in [5.74, 6) is 6.98. The van der Waals surface area contributed by atoms with Gasteiger partial charge in [0.2, 0.25) is 0 Å². The van der Waals surface area contributed by atoms with Crippen molar-refractivity contribution in [3.05, 3.63) is 87.0 Å². The first-order valence-corrected chi connectivity index (χ1v) is 25.6. The molecule has 0 saturated carbocycles. The minimum atomic E-state index is 0.964. The van der Waals surface area contributed by atoms with Crippen LogP contribution in [-0.2, 0) is 40.1 Å². The molecule has 0 aliphatic rings. The molecule has 2 rings (SSSR count). The summed E-state index contributed by atoms with van der Waals surface area (Å²) in [6.07, 6.45) is 40.4. The van der Waals surface area contributed by atoms with Crippen molar-refractivity contribution in [2.24, 2.45) is 0 Å². The van der Waals surface area contributed by atoms with Gasteiger partial charge in [-0.3, -0.25) is 0 Å². The molecule has 0 aliphatic heterocycles. The zero-order chi connectivity index (χ0) is 40.9. The number of hydrogen-bond donors (Lipinski definition) is 0. The van der Waals surface area contributed by atoms with Gasteiger partial charge in [-0.05, 0) is 109 Å². The van der Waals surface area contributed by atoms with Gasteiger partial charge in [-0.1, -0.05) is 199 Å². The van der Waals surface area contributed by atoms with E-state index in [9.17, 15) is 5.53 Å². The monoisotopic (exact) mass is 811 g/mol. The van der Waals surface area contributed by atoms with Gasteiger partial charge in [-0.15, -0.1) is 4.79 Å². The third-order valence-electron chi connectivity index (χ3n) is 11.1. The van der Waals surface area contributed by atoms with Crippen molar-refractivity contribution < 1.29 is 19.2 Å². The van der Waals surface area contributed by atoms with Crippen LogP contribution in [0.15, 0.2) is 48.0 Å². The Morgan fingerprint density at radius 2 is 0.768 bits per heavy atom. The second-order valence-electron chi connectivity index (χ2n) is 16.5. The normalized spacial score (nSPS) is 11.5. The van der Waals surface area contributed by atoms with E-state index in [-0.39, 0.29) is 0 Å². The standard InChI is InChI=1S/C51H82N2.2CH3.Ni/c1-6-11-16-18-20-22-24-26-29-33-46-39-47(34-30-27-25-23-21-19-17-12-7-2)43-50(42-46)51(48(36-37-53-52)35-28-13-8-3)49-40-44(31-14-9-4)38-45(41-49)32-15-10-5;;;/h36,38-43H,6-35H2,1-5H3;2*1H3;. The van der Waals surface area contributed by atoms with E-state index in [1.807, 2.05) is 6.08 Å². The molecule has 0 saturated heterocycles. The zero-order valence-corrected chi connectivity index (χ0v) is 39.0. The van der Waals surface area contributed by atoms with Crippen molar-refractivity contribution in [3.63, 3.8) is 0 Å². The quantitative estimate of drug-likeness (QED) is 0.0172. The molecule has 2 aromatic carbocycles. The van der Waals surface area contributed by atoms with Crippen LogP contribution in [0.4, 0.5) is 0 Å². The second kappa shape index (κ2) is 37.1. The third-order valence-corrected chi connectivity index (χ3v) is 11.1. The molecule has 2 nitrogen and oxygen atoms in total. The number of nitrogens with zero attached hydrogens (tertiary/aromatic N) is 2. The van der Waals surface area contributed by atoms with Crippen LogP contribution in [0, 0.1) is 0 Å². The molecule has 0 atom stereocenters. The Bertz CT molecular complexity index is 1290. The summed E-state index contributed by atoms with van der Waals surface area (Å²) in [7, 11) is 0. The van der Waals surface area contributed by atoms with Crippen LogP contribution in [0.1, 0.15) is 235 Å². The Morgan fingerprint density at radius 1 is 0.464 bits per heavy atom. The fourth-order valence-corrected chi connectivity index (χ4v) is 7.91. The van der Waals surface area contributed by atoms with E-state index in [2.05, 4.69) is 93.5 Å². The van der Waals surface area contributed by atoms with Crippen LogP contribution in [0.25, 0.3) is 11.1 Å². The van der Waals surface area contributed by atoms with Gasteiger partial charge < -0.3 is 5.53 Å². The van der Waals surface area contributed by atoms with Crippen molar-refractivity contribution in [1.29, 1.82) is 0 Å². The average Bonchev–Trinajstić information content (AvgIpc) is 3.20. The predicted octanol–water partition coefficient (Wildman–Crippen LogP) is 17.5. The Hall–Kier alpha value is -2.17. The van der Waals surface area contributed by atoms with Crippen LogP contribution in [-0.4, -0.2) is 10.7 Å². The molecule has 0 amide bonds. The molecule has 320 valence electrons. The maximum atomic E-state index is 9.57. The number of aryl methyl sites for hydroxylation is 4. The van der Waals surface area contributed by atoms with Crippen molar-refractivity contribution in [2.45, 2.75) is 239 Å². The molecule has 3 heteroatoms. The summed E-state index contributed by atoms with van der Waals surface area (Å²) in [5.41, 5.74) is 20.7. The van der Waals surface area contributed by atoms with Gasteiger partial charge >= 0.3 is 26.2 Å². The van der Waals surface area contributed by atoms with E-state index in [4.69, 9.17) is 0 Å². The molecule has 0 N–H and O–H groups in total. The van der Waals surface area contributed by atoms with Crippen molar-refractivity contribution >= 4 is 11.4 Å². The molecule has 0 aromatic heterocycles. The molecule has 0 bridgehead atoms. The molecular weight excluding hydrogens is 723 g/mol. The van der Waals surface area contributed by atoms with Gasteiger partial charge in [0, 0.05) is 0 Å². The fraction of sp³-hybridized carbons (Fsp3) is 0.698. The van der Waals surface area contributed by atoms with Crippen LogP contribution in [0.5, 0.6) is 0 Å². The topological polar surface area (TPSA) is 36.4 Å². The van der Waals surface area contributed by atoms with E-state index in [0.29, 0.717) is 0 Å². The number of benzene rings is 2. The molecule has 0 aliphatic carbocycles. The molecule has 0 spiro atoms. The van der Waals surface area contributed by atoms with E-state index in [1.165, 1.54) is 199 Å². The van der Waals surface area contributed by atoms with Crippen LogP contribution >= 0.6 is 0 Å². The second-order valence-corrected chi connectivity index (χ2v) is 17.5. The van der Waals surface area contributed by atoms with Gasteiger partial charge in [-0.25, -0.2) is 0 Å². The Labute approximate surface area is 355 Å². The van der Waals surface area contributed by atoms with Gasteiger partial charge in [0.15, 0.2) is 0 Å². The number of unbranched alkanes of at least 4 members (excludes halogenated alkanes) is 20. The van der Waals surface area contributed by atoms with E-state index in [1.54, 1.807) is 14.4 Å². The molecule has 0 heterocycles. The SMILES string of the molecule is CCCCCCCCCCCc1cc(CCCCCCCCCCC)cc(C(=C(C=C=[N+]=[N-])CCCCC)c2cc(CCCC)cc(CCCC)c2)c1.[CH3][Ni][CH3]. The Balaban J connectivity index is 0.00000505.